The van der Waals surface area contributed by atoms with Gasteiger partial charge in [0.15, 0.2) is 0 Å². The zero-order valence-corrected chi connectivity index (χ0v) is 12.7. The summed E-state index contributed by atoms with van der Waals surface area (Å²) in [5.74, 6) is -0.0511. The molecule has 0 fully saturated rings. The van der Waals surface area contributed by atoms with E-state index in [4.69, 9.17) is 0 Å². The molecule has 1 aliphatic heterocycles. The lowest BCUT2D eigenvalue weighted by molar-refractivity contribution is 0.0993. The SMILES string of the molecule is Cc1c(C(=O)N2CCc3ccccc32)sc2nc[nH]c(=O)c12. The number of carbonyl (C=O) groups is 1. The van der Waals surface area contributed by atoms with Crippen LogP contribution in [0.3, 0.4) is 0 Å². The van der Waals surface area contributed by atoms with E-state index in [0.29, 0.717) is 27.2 Å². The van der Waals surface area contributed by atoms with Crippen molar-refractivity contribution in [3.05, 3.63) is 57.0 Å². The van der Waals surface area contributed by atoms with E-state index in [1.807, 2.05) is 31.2 Å². The van der Waals surface area contributed by atoms with Crippen molar-refractivity contribution in [3.63, 3.8) is 0 Å². The van der Waals surface area contributed by atoms with E-state index in [1.165, 1.54) is 23.2 Å². The topological polar surface area (TPSA) is 66.1 Å². The molecule has 4 rings (SSSR count). The van der Waals surface area contributed by atoms with Crippen molar-refractivity contribution in [2.24, 2.45) is 0 Å². The van der Waals surface area contributed by atoms with E-state index in [0.717, 1.165) is 12.1 Å². The second-order valence-electron chi connectivity index (χ2n) is 5.30. The van der Waals surface area contributed by atoms with Crippen molar-refractivity contribution in [3.8, 4) is 0 Å². The number of aryl methyl sites for hydroxylation is 1. The van der Waals surface area contributed by atoms with Crippen LogP contribution in [0.2, 0.25) is 0 Å². The highest BCUT2D eigenvalue weighted by Gasteiger charge is 2.28. The highest BCUT2D eigenvalue weighted by atomic mass is 32.1. The van der Waals surface area contributed by atoms with Gasteiger partial charge in [0.05, 0.1) is 16.6 Å². The van der Waals surface area contributed by atoms with Crippen molar-refractivity contribution in [1.82, 2.24) is 9.97 Å². The van der Waals surface area contributed by atoms with Crippen LogP contribution in [0.4, 0.5) is 5.69 Å². The van der Waals surface area contributed by atoms with Crippen LogP contribution in [0.1, 0.15) is 20.8 Å². The van der Waals surface area contributed by atoms with Crippen molar-refractivity contribution < 1.29 is 4.79 Å². The van der Waals surface area contributed by atoms with Crippen molar-refractivity contribution in [2.75, 3.05) is 11.4 Å². The molecule has 1 amide bonds. The molecular weight excluding hydrogens is 298 g/mol. The third kappa shape index (κ3) is 1.80. The van der Waals surface area contributed by atoms with Crippen LogP contribution >= 0.6 is 11.3 Å². The second-order valence-corrected chi connectivity index (χ2v) is 6.30. The summed E-state index contributed by atoms with van der Waals surface area (Å²) in [7, 11) is 0. The molecule has 0 bridgehead atoms. The molecule has 2 aromatic heterocycles. The van der Waals surface area contributed by atoms with Gasteiger partial charge in [-0.3, -0.25) is 9.59 Å². The Morgan fingerprint density at radius 1 is 1.36 bits per heavy atom. The summed E-state index contributed by atoms with van der Waals surface area (Å²) < 4.78 is 0. The lowest BCUT2D eigenvalue weighted by atomic mass is 10.1. The molecule has 0 spiro atoms. The van der Waals surface area contributed by atoms with Gasteiger partial charge in [0, 0.05) is 12.2 Å². The van der Waals surface area contributed by atoms with Crippen LogP contribution in [-0.2, 0) is 6.42 Å². The fraction of sp³-hybridized carbons (Fsp3) is 0.188. The summed E-state index contributed by atoms with van der Waals surface area (Å²) in [5.41, 5.74) is 2.67. The standard InChI is InChI=1S/C16H13N3O2S/c1-9-12-14(20)17-8-18-15(12)22-13(9)16(21)19-7-6-10-4-2-3-5-11(10)19/h2-5,8H,6-7H2,1H3,(H,17,18,20). The molecule has 0 saturated heterocycles. The summed E-state index contributed by atoms with van der Waals surface area (Å²) in [6, 6.07) is 7.94. The number of hydrogen-bond acceptors (Lipinski definition) is 4. The largest absolute Gasteiger partial charge is 0.313 e. The van der Waals surface area contributed by atoms with E-state index in [1.54, 1.807) is 4.90 Å². The number of para-hydroxylation sites is 1. The lowest BCUT2D eigenvalue weighted by Crippen LogP contribution is -2.28. The minimum absolute atomic E-state index is 0.0511. The molecule has 110 valence electrons. The molecule has 22 heavy (non-hydrogen) atoms. The maximum Gasteiger partial charge on any atom is 0.268 e. The van der Waals surface area contributed by atoms with Gasteiger partial charge in [-0.05, 0) is 30.5 Å². The van der Waals surface area contributed by atoms with E-state index in [2.05, 4.69) is 9.97 Å². The monoisotopic (exact) mass is 311 g/mol. The first-order chi connectivity index (χ1) is 10.7. The normalized spacial score (nSPS) is 13.6. The van der Waals surface area contributed by atoms with E-state index >= 15 is 0 Å². The van der Waals surface area contributed by atoms with Gasteiger partial charge in [-0.2, -0.15) is 0 Å². The second kappa shape index (κ2) is 4.78. The first-order valence-electron chi connectivity index (χ1n) is 7.03. The molecule has 0 unspecified atom stereocenters. The molecule has 1 aromatic carbocycles. The predicted molar refractivity (Wildman–Crippen MR) is 86.8 cm³/mol. The van der Waals surface area contributed by atoms with Crippen LogP contribution in [0.25, 0.3) is 10.2 Å². The van der Waals surface area contributed by atoms with Gasteiger partial charge in [-0.1, -0.05) is 18.2 Å². The van der Waals surface area contributed by atoms with Gasteiger partial charge >= 0.3 is 0 Å². The Kier molecular flexibility index (Phi) is 2.87. The Hall–Kier alpha value is -2.47. The highest BCUT2D eigenvalue weighted by Crippen LogP contribution is 2.33. The number of fused-ring (bicyclic) bond motifs is 2. The Morgan fingerprint density at radius 2 is 2.18 bits per heavy atom. The number of nitrogens with zero attached hydrogens (tertiary/aromatic N) is 2. The number of aromatic amines is 1. The molecule has 0 aliphatic carbocycles. The number of thiophene rings is 1. The Labute approximate surface area is 130 Å². The molecular formula is C16H13N3O2S. The Morgan fingerprint density at radius 3 is 3.00 bits per heavy atom. The number of amides is 1. The summed E-state index contributed by atoms with van der Waals surface area (Å²) in [5, 5.41) is 0.517. The minimum Gasteiger partial charge on any atom is -0.313 e. The Balaban J connectivity index is 1.84. The summed E-state index contributed by atoms with van der Waals surface area (Å²) in [6.45, 7) is 2.49. The fourth-order valence-electron chi connectivity index (χ4n) is 2.95. The van der Waals surface area contributed by atoms with Crippen molar-refractivity contribution >= 4 is 33.1 Å². The molecule has 3 aromatic rings. The van der Waals surface area contributed by atoms with Crippen LogP contribution in [0.15, 0.2) is 35.4 Å². The average molecular weight is 311 g/mol. The number of H-pyrrole nitrogens is 1. The third-order valence-corrected chi connectivity index (χ3v) is 5.25. The number of aromatic nitrogens is 2. The number of hydrogen-bond donors (Lipinski definition) is 1. The molecule has 1 N–H and O–H groups in total. The van der Waals surface area contributed by atoms with Crippen LogP contribution in [0, 0.1) is 6.92 Å². The zero-order chi connectivity index (χ0) is 15.3. The van der Waals surface area contributed by atoms with Gasteiger partial charge in [-0.25, -0.2) is 4.98 Å². The molecule has 0 radical (unpaired) electrons. The van der Waals surface area contributed by atoms with Crippen molar-refractivity contribution in [1.29, 1.82) is 0 Å². The van der Waals surface area contributed by atoms with E-state index in [9.17, 15) is 9.59 Å². The first kappa shape index (κ1) is 13.2. The predicted octanol–water partition coefficient (Wildman–Crippen LogP) is 2.50. The van der Waals surface area contributed by atoms with Gasteiger partial charge in [-0.15, -0.1) is 11.3 Å². The number of rotatable bonds is 1. The minimum atomic E-state index is -0.195. The van der Waals surface area contributed by atoms with Crippen LogP contribution in [-0.4, -0.2) is 22.4 Å². The van der Waals surface area contributed by atoms with Gasteiger partial charge in [0.1, 0.15) is 4.83 Å². The molecule has 0 atom stereocenters. The number of nitrogens with one attached hydrogen (secondary N) is 1. The van der Waals surface area contributed by atoms with E-state index < -0.39 is 0 Å². The maximum atomic E-state index is 12.9. The number of carbonyl (C=O) groups excluding carboxylic acids is 1. The van der Waals surface area contributed by atoms with Gasteiger partial charge < -0.3 is 9.88 Å². The highest BCUT2D eigenvalue weighted by molar-refractivity contribution is 7.20. The quantitative estimate of drug-likeness (QED) is 0.751. The maximum absolute atomic E-state index is 12.9. The third-order valence-electron chi connectivity index (χ3n) is 4.06. The molecule has 3 heterocycles. The molecule has 6 heteroatoms. The number of benzene rings is 1. The van der Waals surface area contributed by atoms with Crippen molar-refractivity contribution in [2.45, 2.75) is 13.3 Å². The smallest absolute Gasteiger partial charge is 0.268 e. The fourth-order valence-corrected chi connectivity index (χ4v) is 4.05. The Bertz CT molecular complexity index is 957. The van der Waals surface area contributed by atoms with Gasteiger partial charge in [0.25, 0.3) is 11.5 Å². The lowest BCUT2D eigenvalue weighted by Gasteiger charge is -2.16. The molecule has 5 nitrogen and oxygen atoms in total. The van der Waals surface area contributed by atoms with Crippen LogP contribution < -0.4 is 10.5 Å². The summed E-state index contributed by atoms with van der Waals surface area (Å²) >= 11 is 1.29. The zero-order valence-electron chi connectivity index (χ0n) is 11.9. The van der Waals surface area contributed by atoms with Gasteiger partial charge in [0.2, 0.25) is 0 Å². The summed E-state index contributed by atoms with van der Waals surface area (Å²) in [6.07, 6.45) is 2.24. The number of anilines is 1. The van der Waals surface area contributed by atoms with Crippen LogP contribution in [0.5, 0.6) is 0 Å². The molecule has 0 saturated carbocycles. The average Bonchev–Trinajstić information content (AvgIpc) is 3.09. The first-order valence-corrected chi connectivity index (χ1v) is 7.85. The van der Waals surface area contributed by atoms with E-state index in [-0.39, 0.29) is 11.5 Å². The molecule has 1 aliphatic rings. The summed E-state index contributed by atoms with van der Waals surface area (Å²) in [4.78, 5) is 34.6.